The lowest BCUT2D eigenvalue weighted by Gasteiger charge is -2.07. The van der Waals surface area contributed by atoms with Crippen LogP contribution in [0.5, 0.6) is 0 Å². The molecule has 0 bridgehead atoms. The smallest absolute Gasteiger partial charge is 0.317 e. The largest absolute Gasteiger partial charge is 0.480 e. The monoisotopic (exact) mass is 169 g/mol. The van der Waals surface area contributed by atoms with Crippen LogP contribution in [0.25, 0.3) is 0 Å². The van der Waals surface area contributed by atoms with Gasteiger partial charge in [-0.2, -0.15) is 0 Å². The summed E-state index contributed by atoms with van der Waals surface area (Å²) in [5.74, 6) is -0.121. The molecule has 0 spiro atoms. The number of furan rings is 1. The molecule has 0 amide bonds. The first-order chi connectivity index (χ1) is 5.70. The van der Waals surface area contributed by atoms with Crippen LogP contribution in [0.2, 0.25) is 0 Å². The third-order valence-corrected chi connectivity index (χ3v) is 1.53. The number of carboxylic acids is 1. The van der Waals surface area contributed by atoms with E-state index in [1.54, 1.807) is 18.4 Å². The molecule has 66 valence electrons. The van der Waals surface area contributed by atoms with Gasteiger partial charge >= 0.3 is 5.97 Å². The molecule has 0 radical (unpaired) electrons. The van der Waals surface area contributed by atoms with Crippen molar-refractivity contribution in [3.8, 4) is 0 Å². The van der Waals surface area contributed by atoms with Gasteiger partial charge in [-0.05, 0) is 19.1 Å². The van der Waals surface area contributed by atoms with E-state index in [1.165, 1.54) is 0 Å². The SMILES string of the molecule is C[C@@H](NCC(=O)O)c1ccco1. The lowest BCUT2D eigenvalue weighted by molar-refractivity contribution is -0.136. The molecule has 0 aliphatic rings. The van der Waals surface area contributed by atoms with Gasteiger partial charge in [-0.1, -0.05) is 0 Å². The molecule has 1 rings (SSSR count). The third kappa shape index (κ3) is 2.39. The summed E-state index contributed by atoms with van der Waals surface area (Å²) in [6.45, 7) is 1.80. The standard InChI is InChI=1S/C8H11NO3/c1-6(9-5-8(10)11)7-3-2-4-12-7/h2-4,6,9H,5H2,1H3,(H,10,11)/t6-/m1/s1. The molecular weight excluding hydrogens is 158 g/mol. The summed E-state index contributed by atoms with van der Waals surface area (Å²) in [5, 5.41) is 11.2. The van der Waals surface area contributed by atoms with Gasteiger partial charge in [0.2, 0.25) is 0 Å². The topological polar surface area (TPSA) is 62.5 Å². The zero-order valence-corrected chi connectivity index (χ0v) is 6.78. The molecule has 1 aromatic heterocycles. The summed E-state index contributed by atoms with van der Waals surface area (Å²) in [7, 11) is 0. The van der Waals surface area contributed by atoms with Gasteiger partial charge in [-0.25, -0.2) is 0 Å². The summed E-state index contributed by atoms with van der Waals surface area (Å²) in [6, 6.07) is 3.52. The van der Waals surface area contributed by atoms with Crippen LogP contribution in [0.15, 0.2) is 22.8 Å². The molecule has 0 saturated carbocycles. The predicted molar refractivity (Wildman–Crippen MR) is 42.8 cm³/mol. The molecule has 1 aromatic rings. The molecule has 4 nitrogen and oxygen atoms in total. The summed E-state index contributed by atoms with van der Waals surface area (Å²) in [4.78, 5) is 10.2. The fraction of sp³-hybridized carbons (Fsp3) is 0.375. The Kier molecular flexibility index (Phi) is 2.88. The first-order valence-corrected chi connectivity index (χ1v) is 3.68. The van der Waals surface area contributed by atoms with Crippen LogP contribution in [0, 0.1) is 0 Å². The summed E-state index contributed by atoms with van der Waals surface area (Å²) >= 11 is 0. The van der Waals surface area contributed by atoms with E-state index in [-0.39, 0.29) is 12.6 Å². The van der Waals surface area contributed by atoms with Crippen molar-refractivity contribution in [2.24, 2.45) is 0 Å². The van der Waals surface area contributed by atoms with Crippen LogP contribution < -0.4 is 5.32 Å². The minimum Gasteiger partial charge on any atom is -0.480 e. The Morgan fingerprint density at radius 3 is 3.08 bits per heavy atom. The van der Waals surface area contributed by atoms with Crippen molar-refractivity contribution >= 4 is 5.97 Å². The lowest BCUT2D eigenvalue weighted by Crippen LogP contribution is -2.25. The van der Waals surface area contributed by atoms with Gasteiger partial charge in [0.05, 0.1) is 18.8 Å². The number of nitrogens with one attached hydrogen (secondary N) is 1. The van der Waals surface area contributed by atoms with Crippen molar-refractivity contribution in [1.82, 2.24) is 5.32 Å². The van der Waals surface area contributed by atoms with E-state index < -0.39 is 5.97 Å². The second-order valence-electron chi connectivity index (χ2n) is 2.51. The second-order valence-corrected chi connectivity index (χ2v) is 2.51. The van der Waals surface area contributed by atoms with E-state index >= 15 is 0 Å². The molecule has 0 aliphatic carbocycles. The Morgan fingerprint density at radius 2 is 2.58 bits per heavy atom. The molecule has 0 aromatic carbocycles. The van der Waals surface area contributed by atoms with Crippen molar-refractivity contribution in [3.05, 3.63) is 24.2 Å². The Hall–Kier alpha value is -1.29. The summed E-state index contributed by atoms with van der Waals surface area (Å²) in [6.07, 6.45) is 1.56. The van der Waals surface area contributed by atoms with Gasteiger partial charge < -0.3 is 9.52 Å². The zero-order chi connectivity index (χ0) is 8.97. The highest BCUT2D eigenvalue weighted by Crippen LogP contribution is 2.11. The Balaban J connectivity index is 2.39. The van der Waals surface area contributed by atoms with Crippen LogP contribution >= 0.6 is 0 Å². The maximum Gasteiger partial charge on any atom is 0.317 e. The summed E-state index contributed by atoms with van der Waals surface area (Å²) < 4.78 is 5.07. The van der Waals surface area contributed by atoms with E-state index in [4.69, 9.17) is 9.52 Å². The number of carboxylic acid groups (broad SMARTS) is 1. The Bertz CT molecular complexity index is 243. The quantitative estimate of drug-likeness (QED) is 0.706. The molecule has 2 N–H and O–H groups in total. The van der Waals surface area contributed by atoms with Gasteiger partial charge in [0, 0.05) is 0 Å². The molecular formula is C8H11NO3. The van der Waals surface area contributed by atoms with Gasteiger partial charge in [0.1, 0.15) is 5.76 Å². The number of aliphatic carboxylic acids is 1. The fourth-order valence-electron chi connectivity index (χ4n) is 0.879. The highest BCUT2D eigenvalue weighted by molar-refractivity contribution is 5.69. The predicted octanol–water partition coefficient (Wildman–Crippen LogP) is 1.01. The summed E-state index contributed by atoms with van der Waals surface area (Å²) in [5.41, 5.74) is 0. The van der Waals surface area contributed by atoms with E-state index in [0.29, 0.717) is 0 Å². The minimum absolute atomic E-state index is 0.0537. The molecule has 4 heteroatoms. The Labute approximate surface area is 70.2 Å². The van der Waals surface area contributed by atoms with Gasteiger partial charge in [-0.3, -0.25) is 10.1 Å². The van der Waals surface area contributed by atoms with Crippen molar-refractivity contribution in [2.75, 3.05) is 6.54 Å². The first kappa shape index (κ1) is 8.80. The van der Waals surface area contributed by atoms with Gasteiger partial charge in [0.25, 0.3) is 0 Å². The van der Waals surface area contributed by atoms with Gasteiger partial charge in [-0.15, -0.1) is 0 Å². The number of rotatable bonds is 4. The maximum atomic E-state index is 10.2. The van der Waals surface area contributed by atoms with Crippen LogP contribution in [0.1, 0.15) is 18.7 Å². The van der Waals surface area contributed by atoms with Crippen LogP contribution in [-0.4, -0.2) is 17.6 Å². The van der Waals surface area contributed by atoms with Crippen molar-refractivity contribution in [1.29, 1.82) is 0 Å². The zero-order valence-electron chi connectivity index (χ0n) is 6.78. The number of hydrogen-bond acceptors (Lipinski definition) is 3. The molecule has 0 aliphatic heterocycles. The van der Waals surface area contributed by atoms with Crippen molar-refractivity contribution in [3.63, 3.8) is 0 Å². The first-order valence-electron chi connectivity index (χ1n) is 3.68. The minimum atomic E-state index is -0.867. The van der Waals surface area contributed by atoms with Crippen molar-refractivity contribution in [2.45, 2.75) is 13.0 Å². The highest BCUT2D eigenvalue weighted by atomic mass is 16.4. The average molecular weight is 169 g/mol. The molecule has 1 heterocycles. The molecule has 0 saturated heterocycles. The third-order valence-electron chi connectivity index (χ3n) is 1.53. The van der Waals surface area contributed by atoms with Gasteiger partial charge in [0.15, 0.2) is 0 Å². The molecule has 12 heavy (non-hydrogen) atoms. The Morgan fingerprint density at radius 1 is 1.83 bits per heavy atom. The lowest BCUT2D eigenvalue weighted by atomic mass is 10.2. The number of hydrogen-bond donors (Lipinski definition) is 2. The van der Waals surface area contributed by atoms with Crippen LogP contribution in [0.4, 0.5) is 0 Å². The molecule has 1 atom stereocenters. The fourth-order valence-corrected chi connectivity index (χ4v) is 0.879. The second kappa shape index (κ2) is 3.92. The van der Waals surface area contributed by atoms with E-state index in [0.717, 1.165) is 5.76 Å². The maximum absolute atomic E-state index is 10.2. The molecule has 0 unspecified atom stereocenters. The average Bonchev–Trinajstić information content (AvgIpc) is 2.51. The van der Waals surface area contributed by atoms with Crippen molar-refractivity contribution < 1.29 is 14.3 Å². The highest BCUT2D eigenvalue weighted by Gasteiger charge is 2.07. The van der Waals surface area contributed by atoms with E-state index in [9.17, 15) is 4.79 Å². The normalized spacial score (nSPS) is 12.8. The number of carbonyl (C=O) groups is 1. The molecule has 0 fully saturated rings. The van der Waals surface area contributed by atoms with E-state index in [2.05, 4.69) is 5.32 Å². The van der Waals surface area contributed by atoms with Crippen LogP contribution in [0.3, 0.4) is 0 Å². The van der Waals surface area contributed by atoms with Crippen LogP contribution in [-0.2, 0) is 4.79 Å². The van der Waals surface area contributed by atoms with E-state index in [1.807, 2.05) is 6.92 Å².